The quantitative estimate of drug-likeness (QED) is 0.736. The molecule has 0 saturated heterocycles. The van der Waals surface area contributed by atoms with Gasteiger partial charge in [-0.25, -0.2) is 8.42 Å². The summed E-state index contributed by atoms with van der Waals surface area (Å²) in [5.74, 6) is -0.312. The number of halogens is 1. The van der Waals surface area contributed by atoms with Gasteiger partial charge in [0.25, 0.3) is 10.0 Å². The van der Waals surface area contributed by atoms with Crippen LogP contribution in [0.1, 0.15) is 5.56 Å². The van der Waals surface area contributed by atoms with E-state index in [0.717, 1.165) is 5.56 Å². The van der Waals surface area contributed by atoms with Crippen LogP contribution in [-0.2, 0) is 10.0 Å². The first-order chi connectivity index (χ1) is 5.97. The van der Waals surface area contributed by atoms with Gasteiger partial charge in [-0.1, -0.05) is 6.07 Å². The summed E-state index contributed by atoms with van der Waals surface area (Å²) in [4.78, 5) is -0.229. The van der Waals surface area contributed by atoms with Crippen LogP contribution in [0, 0.1) is 6.92 Å². The molecule has 0 aliphatic rings. The zero-order chi connectivity index (χ0) is 10.1. The molecule has 4 nitrogen and oxygen atoms in total. The van der Waals surface area contributed by atoms with Crippen molar-refractivity contribution in [2.24, 2.45) is 0 Å². The highest BCUT2D eigenvalue weighted by atomic mass is 35.5. The van der Waals surface area contributed by atoms with Crippen molar-refractivity contribution in [2.75, 3.05) is 0 Å². The van der Waals surface area contributed by atoms with Crippen molar-refractivity contribution in [2.45, 2.75) is 11.8 Å². The van der Waals surface area contributed by atoms with E-state index in [4.69, 9.17) is 11.8 Å². The lowest BCUT2D eigenvalue weighted by Gasteiger charge is -2.03. The minimum atomic E-state index is -3.78. The molecule has 0 atom stereocenters. The third-order valence-electron chi connectivity index (χ3n) is 1.51. The molecule has 1 rings (SSSR count). The normalized spacial score (nSPS) is 11.5. The summed E-state index contributed by atoms with van der Waals surface area (Å²) in [6, 6.07) is 4.21. The Morgan fingerprint density at radius 3 is 2.54 bits per heavy atom. The Labute approximate surface area is 81.3 Å². The number of phenolic OH excluding ortho intramolecular Hbond substituents is 1. The maximum Gasteiger partial charge on any atom is 0.257 e. The second-order valence-corrected chi connectivity index (χ2v) is 4.62. The highest BCUT2D eigenvalue weighted by Crippen LogP contribution is 2.23. The third kappa shape index (κ3) is 2.12. The van der Waals surface area contributed by atoms with Crippen LogP contribution in [0.2, 0.25) is 0 Å². The molecular weight excluding hydrogens is 214 g/mol. The molecule has 0 aromatic heterocycles. The molecule has 1 aromatic rings. The molecular formula is C7H8ClNO3S. The summed E-state index contributed by atoms with van der Waals surface area (Å²) in [5.41, 5.74) is 0.769. The molecule has 72 valence electrons. The van der Waals surface area contributed by atoms with E-state index < -0.39 is 10.0 Å². The van der Waals surface area contributed by atoms with Crippen LogP contribution >= 0.6 is 11.8 Å². The number of aryl methyl sites for hydroxylation is 1. The van der Waals surface area contributed by atoms with Crippen molar-refractivity contribution in [3.05, 3.63) is 23.8 Å². The second-order valence-electron chi connectivity index (χ2n) is 2.55. The van der Waals surface area contributed by atoms with E-state index in [2.05, 4.69) is 0 Å². The van der Waals surface area contributed by atoms with Gasteiger partial charge in [0.05, 0.1) is 0 Å². The van der Waals surface area contributed by atoms with Gasteiger partial charge in [-0.15, -0.1) is 4.24 Å². The zero-order valence-electron chi connectivity index (χ0n) is 6.78. The average molecular weight is 222 g/mol. The van der Waals surface area contributed by atoms with Crippen LogP contribution in [0.5, 0.6) is 5.75 Å². The van der Waals surface area contributed by atoms with Gasteiger partial charge in [-0.05, 0) is 36.4 Å². The molecule has 0 aliphatic heterocycles. The van der Waals surface area contributed by atoms with E-state index in [9.17, 15) is 13.5 Å². The fourth-order valence-electron chi connectivity index (χ4n) is 0.896. The van der Waals surface area contributed by atoms with E-state index >= 15 is 0 Å². The van der Waals surface area contributed by atoms with Crippen LogP contribution in [0.4, 0.5) is 0 Å². The molecule has 6 heteroatoms. The summed E-state index contributed by atoms with van der Waals surface area (Å²) in [6.07, 6.45) is 0. The van der Waals surface area contributed by atoms with Crippen LogP contribution < -0.4 is 4.24 Å². The standard InChI is InChI=1S/C7H8ClNO3S/c1-5-2-3-7(6(10)4-5)13(11,12)9-8/h2-4,9-10H,1H3. The van der Waals surface area contributed by atoms with Crippen molar-refractivity contribution in [1.82, 2.24) is 4.24 Å². The minimum Gasteiger partial charge on any atom is -0.507 e. The first kappa shape index (κ1) is 10.3. The lowest BCUT2D eigenvalue weighted by molar-refractivity contribution is 0.458. The Morgan fingerprint density at radius 2 is 2.08 bits per heavy atom. The van der Waals surface area contributed by atoms with E-state index in [1.165, 1.54) is 12.1 Å². The predicted molar refractivity (Wildman–Crippen MR) is 49.0 cm³/mol. The maximum atomic E-state index is 11.1. The zero-order valence-corrected chi connectivity index (χ0v) is 8.35. The highest BCUT2D eigenvalue weighted by Gasteiger charge is 2.16. The largest absolute Gasteiger partial charge is 0.507 e. The van der Waals surface area contributed by atoms with Crippen molar-refractivity contribution in [3.63, 3.8) is 0 Å². The van der Waals surface area contributed by atoms with Gasteiger partial charge in [0.2, 0.25) is 0 Å². The second kappa shape index (κ2) is 3.53. The molecule has 0 unspecified atom stereocenters. The summed E-state index contributed by atoms with van der Waals surface area (Å²) < 4.78 is 23.9. The Morgan fingerprint density at radius 1 is 1.46 bits per heavy atom. The summed E-state index contributed by atoms with van der Waals surface area (Å²) in [5, 5.41) is 9.28. The fourth-order valence-corrected chi connectivity index (χ4v) is 1.81. The molecule has 13 heavy (non-hydrogen) atoms. The van der Waals surface area contributed by atoms with Gasteiger partial charge in [0, 0.05) is 0 Å². The number of benzene rings is 1. The van der Waals surface area contributed by atoms with Gasteiger partial charge >= 0.3 is 0 Å². The van der Waals surface area contributed by atoms with E-state index in [0.29, 0.717) is 0 Å². The van der Waals surface area contributed by atoms with Crippen LogP contribution in [0.3, 0.4) is 0 Å². The van der Waals surface area contributed by atoms with E-state index in [1.807, 2.05) is 0 Å². The number of sulfonamides is 1. The summed E-state index contributed by atoms with van der Waals surface area (Å²) in [6.45, 7) is 1.74. The van der Waals surface area contributed by atoms with Crippen molar-refractivity contribution >= 4 is 21.8 Å². The molecule has 0 amide bonds. The first-order valence-corrected chi connectivity index (χ1v) is 5.25. The molecule has 0 bridgehead atoms. The first-order valence-electron chi connectivity index (χ1n) is 3.39. The molecule has 2 N–H and O–H groups in total. The molecule has 0 spiro atoms. The molecule has 0 saturated carbocycles. The lowest BCUT2D eigenvalue weighted by atomic mass is 10.2. The molecule has 0 heterocycles. The highest BCUT2D eigenvalue weighted by molar-refractivity contribution is 7.90. The smallest absolute Gasteiger partial charge is 0.257 e. The van der Waals surface area contributed by atoms with Crippen LogP contribution in [0.25, 0.3) is 0 Å². The molecule has 0 aliphatic carbocycles. The SMILES string of the molecule is Cc1ccc(S(=O)(=O)NCl)c(O)c1. The minimum absolute atomic E-state index is 0.229. The van der Waals surface area contributed by atoms with Crippen molar-refractivity contribution in [3.8, 4) is 5.75 Å². The topological polar surface area (TPSA) is 66.4 Å². The van der Waals surface area contributed by atoms with Crippen LogP contribution in [-0.4, -0.2) is 13.5 Å². The van der Waals surface area contributed by atoms with Crippen molar-refractivity contribution in [1.29, 1.82) is 0 Å². The Bertz CT molecular complexity index is 416. The molecule has 1 aromatic carbocycles. The Balaban J connectivity index is 3.33. The summed E-state index contributed by atoms with van der Waals surface area (Å²) in [7, 11) is -3.78. The number of hydrogen-bond acceptors (Lipinski definition) is 3. The number of phenols is 1. The molecule has 0 radical (unpaired) electrons. The van der Waals surface area contributed by atoms with Gasteiger partial charge in [0.1, 0.15) is 10.6 Å². The maximum absolute atomic E-state index is 11.1. The number of rotatable bonds is 2. The van der Waals surface area contributed by atoms with Gasteiger partial charge in [0.15, 0.2) is 0 Å². The number of aromatic hydroxyl groups is 1. The van der Waals surface area contributed by atoms with Crippen LogP contribution in [0.15, 0.2) is 23.1 Å². The monoisotopic (exact) mass is 221 g/mol. The molecule has 0 fully saturated rings. The number of hydrogen-bond donors (Lipinski definition) is 2. The Kier molecular flexibility index (Phi) is 2.80. The van der Waals surface area contributed by atoms with Gasteiger partial charge in [-0.2, -0.15) is 0 Å². The van der Waals surface area contributed by atoms with E-state index in [1.54, 1.807) is 17.2 Å². The Hall–Kier alpha value is -0.780. The number of nitrogens with one attached hydrogen (secondary N) is 1. The lowest BCUT2D eigenvalue weighted by Crippen LogP contribution is -2.13. The van der Waals surface area contributed by atoms with E-state index in [-0.39, 0.29) is 10.6 Å². The summed E-state index contributed by atoms with van der Waals surface area (Å²) >= 11 is 4.99. The fraction of sp³-hybridized carbons (Fsp3) is 0.143. The third-order valence-corrected chi connectivity index (χ3v) is 3.24. The van der Waals surface area contributed by atoms with Gasteiger partial charge in [-0.3, -0.25) is 0 Å². The van der Waals surface area contributed by atoms with Crippen molar-refractivity contribution < 1.29 is 13.5 Å². The average Bonchev–Trinajstić information content (AvgIpc) is 2.03. The predicted octanol–water partition coefficient (Wildman–Crippen LogP) is 1.13. The van der Waals surface area contributed by atoms with Gasteiger partial charge < -0.3 is 5.11 Å².